The first kappa shape index (κ1) is 31.3. The number of hydrogen-bond acceptors (Lipinski definition) is 7. The maximum Gasteiger partial charge on any atom is 0.262 e. The number of rotatable bonds is 11. The average Bonchev–Trinajstić information content (AvgIpc) is 3.06. The smallest absolute Gasteiger partial charge is 0.262 e. The lowest BCUT2D eigenvalue weighted by Gasteiger charge is -2.37. The number of fused-ring (bicyclic) bond motifs is 1. The predicted octanol–water partition coefficient (Wildman–Crippen LogP) is 4.18. The van der Waals surface area contributed by atoms with Crippen LogP contribution in [-0.2, 0) is 26.0 Å². The molecule has 2 amide bonds. The van der Waals surface area contributed by atoms with Gasteiger partial charge in [0, 0.05) is 18.7 Å². The average molecular weight is 622 g/mol. The molecule has 1 aliphatic carbocycles. The molecule has 0 radical (unpaired) electrons. The summed E-state index contributed by atoms with van der Waals surface area (Å²) < 4.78 is 46.3. The van der Waals surface area contributed by atoms with Crippen LogP contribution in [0.4, 0.5) is 5.69 Å². The van der Waals surface area contributed by atoms with Crippen molar-refractivity contribution in [3.8, 4) is 17.2 Å². The first-order valence-corrected chi connectivity index (χ1v) is 16.4. The summed E-state index contributed by atoms with van der Waals surface area (Å²) in [4.78, 5) is 28.8. The van der Waals surface area contributed by atoms with Gasteiger partial charge in [-0.15, -0.1) is 0 Å². The Bertz CT molecular complexity index is 1560. The van der Waals surface area contributed by atoms with Crippen molar-refractivity contribution >= 4 is 27.5 Å². The number of sulfonamides is 1. The van der Waals surface area contributed by atoms with Crippen LogP contribution < -0.4 is 24.4 Å². The molecule has 1 atom stereocenters. The number of methoxy groups -OCH3 is 2. The molecule has 0 unspecified atom stereocenters. The first-order valence-electron chi connectivity index (χ1n) is 14.9. The largest absolute Gasteiger partial charge is 0.493 e. The van der Waals surface area contributed by atoms with E-state index in [1.807, 2.05) is 30.3 Å². The molecule has 1 N–H and O–H groups in total. The molecule has 11 heteroatoms. The second-order valence-electron chi connectivity index (χ2n) is 11.0. The van der Waals surface area contributed by atoms with Crippen molar-refractivity contribution in [2.45, 2.75) is 55.6 Å². The minimum Gasteiger partial charge on any atom is -0.493 e. The molecule has 3 aromatic rings. The Labute approximate surface area is 259 Å². The topological polar surface area (TPSA) is 114 Å². The van der Waals surface area contributed by atoms with Crippen LogP contribution in [0.5, 0.6) is 17.2 Å². The summed E-state index contributed by atoms with van der Waals surface area (Å²) in [6, 6.07) is 20.9. The van der Waals surface area contributed by atoms with Crippen molar-refractivity contribution in [3.63, 3.8) is 0 Å². The van der Waals surface area contributed by atoms with E-state index in [0.29, 0.717) is 43.0 Å². The lowest BCUT2D eigenvalue weighted by atomic mass is 9.95. The van der Waals surface area contributed by atoms with E-state index in [9.17, 15) is 18.0 Å². The number of carbonyl (C=O) groups is 2. The Morgan fingerprint density at radius 1 is 0.932 bits per heavy atom. The van der Waals surface area contributed by atoms with E-state index in [1.54, 1.807) is 30.3 Å². The summed E-state index contributed by atoms with van der Waals surface area (Å²) >= 11 is 0. The highest BCUT2D eigenvalue weighted by atomic mass is 32.2. The zero-order valence-corrected chi connectivity index (χ0v) is 25.9. The van der Waals surface area contributed by atoms with Gasteiger partial charge in [-0.25, -0.2) is 8.42 Å². The molecule has 1 saturated carbocycles. The number of nitrogens with zero attached hydrogens (tertiary/aromatic N) is 2. The minimum atomic E-state index is -4.10. The fourth-order valence-corrected chi connectivity index (χ4v) is 7.46. The van der Waals surface area contributed by atoms with Gasteiger partial charge in [0.1, 0.15) is 5.75 Å². The maximum absolute atomic E-state index is 14.1. The normalized spacial score (nSPS) is 17.0. The highest BCUT2D eigenvalue weighted by Crippen LogP contribution is 2.36. The van der Waals surface area contributed by atoms with E-state index in [2.05, 4.69) is 5.32 Å². The third kappa shape index (κ3) is 7.00. The highest BCUT2D eigenvalue weighted by molar-refractivity contribution is 7.89. The van der Waals surface area contributed by atoms with E-state index in [4.69, 9.17) is 14.2 Å². The van der Waals surface area contributed by atoms with Gasteiger partial charge >= 0.3 is 0 Å². The Hall–Kier alpha value is -4.09. The third-order valence-electron chi connectivity index (χ3n) is 8.16. The Morgan fingerprint density at radius 2 is 1.64 bits per heavy atom. The number of amides is 2. The number of carbonyl (C=O) groups excluding carboxylic acids is 2. The summed E-state index contributed by atoms with van der Waals surface area (Å²) in [6.07, 6.45) is 3.80. The van der Waals surface area contributed by atoms with Gasteiger partial charge in [-0.2, -0.15) is 4.31 Å². The van der Waals surface area contributed by atoms with Crippen LogP contribution in [0.2, 0.25) is 0 Å². The van der Waals surface area contributed by atoms with Gasteiger partial charge in [0.15, 0.2) is 17.6 Å². The second-order valence-corrected chi connectivity index (χ2v) is 12.9. The number of nitrogens with one attached hydrogen (secondary N) is 1. The monoisotopic (exact) mass is 621 g/mol. The van der Waals surface area contributed by atoms with Gasteiger partial charge in [0.05, 0.1) is 37.9 Å². The lowest BCUT2D eigenvalue weighted by molar-refractivity contribution is -0.128. The van der Waals surface area contributed by atoms with Crippen molar-refractivity contribution in [1.82, 2.24) is 9.62 Å². The Morgan fingerprint density at radius 3 is 2.36 bits per heavy atom. The van der Waals surface area contributed by atoms with Gasteiger partial charge in [0.25, 0.3) is 5.91 Å². The van der Waals surface area contributed by atoms with Crippen LogP contribution in [0.3, 0.4) is 0 Å². The van der Waals surface area contributed by atoms with Crippen LogP contribution in [0.1, 0.15) is 37.7 Å². The van der Waals surface area contributed by atoms with Crippen molar-refractivity contribution in [2.75, 3.05) is 38.8 Å². The molecule has 1 aliphatic heterocycles. The summed E-state index contributed by atoms with van der Waals surface area (Å²) in [5, 5.41) is 2.92. The van der Waals surface area contributed by atoms with Gasteiger partial charge in [-0.1, -0.05) is 61.7 Å². The molecule has 10 nitrogen and oxygen atoms in total. The number of hydrogen-bond donors (Lipinski definition) is 1. The number of benzene rings is 3. The molecular weight excluding hydrogens is 582 g/mol. The van der Waals surface area contributed by atoms with Crippen LogP contribution in [0.25, 0.3) is 0 Å². The fraction of sp³-hybridized carbons (Fsp3) is 0.394. The highest BCUT2D eigenvalue weighted by Gasteiger charge is 2.39. The molecule has 5 rings (SSSR count). The summed E-state index contributed by atoms with van der Waals surface area (Å²) in [5.41, 5.74) is 1.59. The Balaban J connectivity index is 1.38. The molecular formula is C33H39N3O7S. The van der Waals surface area contributed by atoms with Gasteiger partial charge in [0.2, 0.25) is 15.9 Å². The van der Waals surface area contributed by atoms with Crippen molar-refractivity contribution < 1.29 is 32.2 Å². The predicted molar refractivity (Wildman–Crippen MR) is 167 cm³/mol. The van der Waals surface area contributed by atoms with Crippen LogP contribution in [0, 0.1) is 0 Å². The molecule has 44 heavy (non-hydrogen) atoms. The summed E-state index contributed by atoms with van der Waals surface area (Å²) in [7, 11) is -1.17. The molecule has 1 fully saturated rings. The first-order chi connectivity index (χ1) is 21.3. The number of anilines is 1. The quantitative estimate of drug-likeness (QED) is 0.342. The molecule has 0 saturated heterocycles. The molecule has 0 spiro atoms. The molecule has 1 heterocycles. The molecule has 3 aromatic carbocycles. The minimum absolute atomic E-state index is 0.0200. The van der Waals surface area contributed by atoms with E-state index < -0.39 is 22.0 Å². The standard InChI is InChI=1S/C33H39N3O7S/c1-41-29-18-17-26(21-30(29)42-2)44(39,40)36(25-13-7-4-8-14-25)23-32(37)35-22-31(43-28-16-10-9-15-27(28)35)33(38)34-20-19-24-11-5-3-6-12-24/h3,5-6,9-12,15-18,21,25,31H,4,7-8,13-14,19-20,22-23H2,1-2H3,(H,34,38)/t31-/m1/s1. The van der Waals surface area contributed by atoms with Crippen LogP contribution >= 0.6 is 0 Å². The molecule has 234 valence electrons. The third-order valence-corrected chi connectivity index (χ3v) is 10.1. The SMILES string of the molecule is COc1ccc(S(=O)(=O)N(CC(=O)N2C[C@H](C(=O)NCCc3ccccc3)Oc3ccccc32)C2CCCCC2)cc1OC. The van der Waals surface area contributed by atoms with E-state index >= 15 is 0 Å². The van der Waals surface area contributed by atoms with Gasteiger partial charge in [-0.05, 0) is 49.1 Å². The second kappa shape index (κ2) is 14.1. The zero-order valence-electron chi connectivity index (χ0n) is 25.1. The molecule has 0 aromatic heterocycles. The van der Waals surface area contributed by atoms with E-state index in [-0.39, 0.29) is 35.7 Å². The van der Waals surface area contributed by atoms with Gasteiger partial charge in [-0.3, -0.25) is 9.59 Å². The number of para-hydroxylation sites is 2. The summed E-state index contributed by atoms with van der Waals surface area (Å²) in [5.74, 6) is 0.312. The lowest BCUT2D eigenvalue weighted by Crippen LogP contribution is -2.54. The Kier molecular flexibility index (Phi) is 10.1. The summed E-state index contributed by atoms with van der Waals surface area (Å²) in [6.45, 7) is -0.00270. The van der Waals surface area contributed by atoms with E-state index in [0.717, 1.165) is 24.8 Å². The molecule has 0 bridgehead atoms. The molecule has 2 aliphatic rings. The van der Waals surface area contributed by atoms with E-state index in [1.165, 1.54) is 35.6 Å². The van der Waals surface area contributed by atoms with Crippen molar-refractivity contribution in [2.24, 2.45) is 0 Å². The van der Waals surface area contributed by atoms with Crippen LogP contribution in [-0.4, -0.2) is 70.5 Å². The fourth-order valence-electron chi connectivity index (χ4n) is 5.81. The van der Waals surface area contributed by atoms with Crippen molar-refractivity contribution in [1.29, 1.82) is 0 Å². The van der Waals surface area contributed by atoms with Crippen LogP contribution in [0.15, 0.2) is 77.7 Å². The maximum atomic E-state index is 14.1. The zero-order chi connectivity index (χ0) is 31.1. The van der Waals surface area contributed by atoms with Crippen molar-refractivity contribution in [3.05, 3.63) is 78.4 Å². The van der Waals surface area contributed by atoms with Gasteiger partial charge < -0.3 is 24.4 Å². The number of ether oxygens (including phenoxy) is 3.